The molecule has 0 spiro atoms. The Morgan fingerprint density at radius 2 is 2.15 bits per heavy atom. The number of carbonyl (C=O) groups excluding carboxylic acids is 1. The van der Waals surface area contributed by atoms with Crippen molar-refractivity contribution in [1.29, 1.82) is 0 Å². The van der Waals surface area contributed by atoms with Gasteiger partial charge in [0.05, 0.1) is 10.0 Å². The summed E-state index contributed by atoms with van der Waals surface area (Å²) in [6, 6.07) is 5.34. The maximum Gasteiger partial charge on any atom is 0.168 e. The molecule has 0 aromatic heterocycles. The quantitative estimate of drug-likeness (QED) is 0.805. The Bertz CT molecular complexity index is 501. The Hall–Kier alpha value is -0.570. The van der Waals surface area contributed by atoms with E-state index in [1.54, 1.807) is 19.2 Å². The van der Waals surface area contributed by atoms with Crippen LogP contribution in [0.4, 0.5) is 0 Å². The van der Waals surface area contributed by atoms with Gasteiger partial charge in [0.1, 0.15) is 5.60 Å². The van der Waals surface area contributed by atoms with Crippen molar-refractivity contribution < 1.29 is 9.53 Å². The molecule has 2 nitrogen and oxygen atoms in total. The number of rotatable bonds is 4. The fourth-order valence-electron chi connectivity index (χ4n) is 3.05. The normalized spacial score (nSPS) is 26.5. The molecule has 0 bridgehead atoms. The monoisotopic (exact) mass is 314 g/mol. The first-order valence-corrected chi connectivity index (χ1v) is 7.75. The minimum atomic E-state index is -0.621. The van der Waals surface area contributed by atoms with E-state index in [4.69, 9.17) is 27.9 Å². The van der Waals surface area contributed by atoms with Gasteiger partial charge >= 0.3 is 0 Å². The van der Waals surface area contributed by atoms with Gasteiger partial charge in [-0.25, -0.2) is 0 Å². The van der Waals surface area contributed by atoms with Crippen LogP contribution in [-0.2, 0) is 16.0 Å². The lowest BCUT2D eigenvalue weighted by molar-refractivity contribution is -0.146. The minimum absolute atomic E-state index is 0.143. The van der Waals surface area contributed by atoms with Gasteiger partial charge in [-0.3, -0.25) is 4.79 Å². The molecule has 1 aromatic carbocycles. The summed E-state index contributed by atoms with van der Waals surface area (Å²) in [4.78, 5) is 12.7. The van der Waals surface area contributed by atoms with Gasteiger partial charge in [0.15, 0.2) is 5.78 Å². The highest BCUT2D eigenvalue weighted by molar-refractivity contribution is 6.42. The lowest BCUT2D eigenvalue weighted by atomic mass is 9.75. The fraction of sp³-hybridized carbons (Fsp3) is 0.562. The zero-order chi connectivity index (χ0) is 14.8. The van der Waals surface area contributed by atoms with Crippen LogP contribution in [0.1, 0.15) is 38.2 Å². The molecular weight excluding hydrogens is 295 g/mol. The number of methoxy groups -OCH3 is 1. The number of Topliss-reactive ketones (excluding diaryl/α,β-unsaturated/α-hetero) is 1. The Balaban J connectivity index is 2.14. The molecule has 110 valence electrons. The highest BCUT2D eigenvalue weighted by Gasteiger charge is 2.41. The SMILES string of the molecule is COC1(C(=O)Cc2ccc(Cl)c(Cl)c2)CCCC(C)C1. The Kier molecular flexibility index (Phi) is 5.11. The maximum absolute atomic E-state index is 12.7. The van der Waals surface area contributed by atoms with Gasteiger partial charge in [-0.2, -0.15) is 0 Å². The smallest absolute Gasteiger partial charge is 0.168 e. The van der Waals surface area contributed by atoms with E-state index in [2.05, 4.69) is 6.92 Å². The Morgan fingerprint density at radius 3 is 2.75 bits per heavy atom. The first kappa shape index (κ1) is 15.8. The Labute approximate surface area is 130 Å². The van der Waals surface area contributed by atoms with Crippen LogP contribution in [0.3, 0.4) is 0 Å². The van der Waals surface area contributed by atoms with Crippen molar-refractivity contribution in [2.75, 3.05) is 7.11 Å². The minimum Gasteiger partial charge on any atom is -0.370 e. The van der Waals surface area contributed by atoms with E-state index < -0.39 is 5.60 Å². The zero-order valence-electron chi connectivity index (χ0n) is 11.9. The van der Waals surface area contributed by atoms with Gasteiger partial charge in [-0.1, -0.05) is 42.6 Å². The summed E-state index contributed by atoms with van der Waals surface area (Å²) in [5.74, 6) is 0.673. The summed E-state index contributed by atoms with van der Waals surface area (Å²) < 4.78 is 5.63. The Morgan fingerprint density at radius 1 is 1.40 bits per heavy atom. The predicted octanol–water partition coefficient (Wildman–Crippen LogP) is 4.70. The number of halogens is 2. The molecule has 1 fully saturated rings. The highest BCUT2D eigenvalue weighted by Crippen LogP contribution is 2.36. The second-order valence-electron chi connectivity index (χ2n) is 5.75. The van der Waals surface area contributed by atoms with Gasteiger partial charge in [0.2, 0.25) is 0 Å². The first-order valence-electron chi connectivity index (χ1n) is 6.99. The predicted molar refractivity (Wildman–Crippen MR) is 82.5 cm³/mol. The van der Waals surface area contributed by atoms with Gasteiger partial charge in [0, 0.05) is 13.5 Å². The molecule has 20 heavy (non-hydrogen) atoms. The molecule has 0 radical (unpaired) electrons. The molecule has 1 aromatic rings. The van der Waals surface area contributed by atoms with Crippen molar-refractivity contribution in [2.45, 2.75) is 44.6 Å². The second kappa shape index (κ2) is 6.46. The van der Waals surface area contributed by atoms with Crippen molar-refractivity contribution in [1.82, 2.24) is 0 Å². The molecule has 0 N–H and O–H groups in total. The maximum atomic E-state index is 12.7. The van der Waals surface area contributed by atoms with Crippen LogP contribution in [0.25, 0.3) is 0 Å². The van der Waals surface area contributed by atoms with Gasteiger partial charge in [-0.05, 0) is 42.9 Å². The summed E-state index contributed by atoms with van der Waals surface area (Å²) in [6.45, 7) is 2.18. The molecule has 0 saturated heterocycles. The molecule has 1 aliphatic rings. The summed E-state index contributed by atoms with van der Waals surface area (Å²) in [7, 11) is 1.64. The van der Waals surface area contributed by atoms with E-state index in [1.165, 1.54) is 6.42 Å². The lowest BCUT2D eigenvalue weighted by Crippen LogP contribution is -2.45. The largest absolute Gasteiger partial charge is 0.370 e. The first-order chi connectivity index (χ1) is 9.47. The van der Waals surface area contributed by atoms with E-state index >= 15 is 0 Å². The van der Waals surface area contributed by atoms with Crippen molar-refractivity contribution in [2.24, 2.45) is 5.92 Å². The van der Waals surface area contributed by atoms with E-state index in [0.29, 0.717) is 22.4 Å². The van der Waals surface area contributed by atoms with Gasteiger partial charge < -0.3 is 4.74 Å². The molecule has 2 rings (SSSR count). The molecule has 0 aliphatic heterocycles. The molecule has 0 amide bonds. The molecule has 2 unspecified atom stereocenters. The number of ketones is 1. The molecule has 4 heteroatoms. The fourth-order valence-corrected chi connectivity index (χ4v) is 3.37. The molecular formula is C16H20Cl2O2. The van der Waals surface area contributed by atoms with Gasteiger partial charge in [-0.15, -0.1) is 0 Å². The number of benzene rings is 1. The molecule has 1 aliphatic carbocycles. The third-order valence-corrected chi connectivity index (χ3v) is 4.94. The van der Waals surface area contributed by atoms with Crippen LogP contribution in [0.5, 0.6) is 0 Å². The third-order valence-electron chi connectivity index (χ3n) is 4.20. The van der Waals surface area contributed by atoms with Crippen molar-refractivity contribution in [3.05, 3.63) is 33.8 Å². The van der Waals surface area contributed by atoms with Crippen LogP contribution in [-0.4, -0.2) is 18.5 Å². The van der Waals surface area contributed by atoms with E-state index in [1.807, 2.05) is 6.07 Å². The van der Waals surface area contributed by atoms with Crippen LogP contribution >= 0.6 is 23.2 Å². The second-order valence-corrected chi connectivity index (χ2v) is 6.56. The van der Waals surface area contributed by atoms with Gasteiger partial charge in [0.25, 0.3) is 0 Å². The topological polar surface area (TPSA) is 26.3 Å². The number of hydrogen-bond acceptors (Lipinski definition) is 2. The summed E-state index contributed by atoms with van der Waals surface area (Å²) in [6.07, 6.45) is 4.18. The average molecular weight is 315 g/mol. The third kappa shape index (κ3) is 3.36. The van der Waals surface area contributed by atoms with Crippen LogP contribution in [0.15, 0.2) is 18.2 Å². The van der Waals surface area contributed by atoms with Crippen LogP contribution in [0, 0.1) is 5.92 Å². The van der Waals surface area contributed by atoms with E-state index in [0.717, 1.165) is 24.8 Å². The van der Waals surface area contributed by atoms with Crippen molar-refractivity contribution in [3.63, 3.8) is 0 Å². The number of ether oxygens (including phenoxy) is 1. The number of hydrogen-bond donors (Lipinski definition) is 0. The summed E-state index contributed by atoms with van der Waals surface area (Å²) in [5, 5.41) is 0.996. The number of carbonyl (C=O) groups is 1. The standard InChI is InChI=1S/C16H20Cl2O2/c1-11-4-3-7-16(10-11,20-2)15(19)9-12-5-6-13(17)14(18)8-12/h5-6,8,11H,3-4,7,9-10H2,1-2H3. The molecule has 1 saturated carbocycles. The summed E-state index contributed by atoms with van der Waals surface area (Å²) >= 11 is 11.9. The highest BCUT2D eigenvalue weighted by atomic mass is 35.5. The summed E-state index contributed by atoms with van der Waals surface area (Å²) in [5.41, 5.74) is 0.267. The van der Waals surface area contributed by atoms with E-state index in [-0.39, 0.29) is 5.78 Å². The average Bonchev–Trinajstić information content (AvgIpc) is 2.42. The molecule has 0 heterocycles. The van der Waals surface area contributed by atoms with Crippen LogP contribution in [0.2, 0.25) is 10.0 Å². The van der Waals surface area contributed by atoms with Crippen molar-refractivity contribution in [3.8, 4) is 0 Å². The van der Waals surface area contributed by atoms with E-state index in [9.17, 15) is 4.79 Å². The van der Waals surface area contributed by atoms with Crippen molar-refractivity contribution >= 4 is 29.0 Å². The lowest BCUT2D eigenvalue weighted by Gasteiger charge is -2.37. The zero-order valence-corrected chi connectivity index (χ0v) is 13.4. The van der Waals surface area contributed by atoms with Crippen LogP contribution < -0.4 is 0 Å². The molecule has 2 atom stereocenters.